The molecule has 10 nitrogen and oxygen atoms in total. The summed E-state index contributed by atoms with van der Waals surface area (Å²) in [5.74, 6) is -0.109. The Labute approximate surface area is 284 Å². The average molecular weight is 690 g/mol. The number of aromatic nitrogens is 3. The number of aliphatic hydroxyl groups excluding tert-OH is 1. The van der Waals surface area contributed by atoms with Crippen molar-refractivity contribution < 1.29 is 28.2 Å². The van der Waals surface area contributed by atoms with Gasteiger partial charge in [-0.1, -0.05) is 18.7 Å². The Hall–Kier alpha value is -4.97. The fourth-order valence-corrected chi connectivity index (χ4v) is 7.31. The van der Waals surface area contributed by atoms with Gasteiger partial charge in [-0.15, -0.1) is 11.3 Å². The van der Waals surface area contributed by atoms with E-state index in [0.29, 0.717) is 33.8 Å². The van der Waals surface area contributed by atoms with Crippen LogP contribution in [0.2, 0.25) is 0 Å². The molecule has 1 aliphatic heterocycles. The van der Waals surface area contributed by atoms with Crippen molar-refractivity contribution in [2.45, 2.75) is 57.6 Å². The van der Waals surface area contributed by atoms with Crippen LogP contribution in [-0.2, 0) is 24.3 Å². The van der Waals surface area contributed by atoms with Crippen LogP contribution in [-0.4, -0.2) is 60.9 Å². The van der Waals surface area contributed by atoms with E-state index in [1.807, 2.05) is 25.1 Å². The number of thiophene rings is 1. The summed E-state index contributed by atoms with van der Waals surface area (Å²) in [7, 11) is 0. The number of alkyl halides is 3. The first-order valence-corrected chi connectivity index (χ1v) is 16.5. The maximum Gasteiger partial charge on any atom is 0.393 e. The van der Waals surface area contributed by atoms with Gasteiger partial charge in [0.15, 0.2) is 0 Å². The number of amides is 1. The van der Waals surface area contributed by atoms with Gasteiger partial charge < -0.3 is 25.4 Å². The Morgan fingerprint density at radius 3 is 2.65 bits per heavy atom. The van der Waals surface area contributed by atoms with E-state index in [9.17, 15) is 33.4 Å². The number of hydrogen-bond donors (Lipinski definition) is 4. The van der Waals surface area contributed by atoms with Gasteiger partial charge >= 0.3 is 6.18 Å². The number of hydrogen-bond acceptors (Lipinski definition) is 9. The number of aryl methyl sites for hydroxylation is 1. The van der Waals surface area contributed by atoms with Crippen molar-refractivity contribution in [3.05, 3.63) is 88.7 Å². The summed E-state index contributed by atoms with van der Waals surface area (Å²) in [5, 5.41) is 38.8. The third-order valence-corrected chi connectivity index (χ3v) is 9.91. The number of rotatable bonds is 10. The number of carbonyl (C=O) groups is 1. The zero-order valence-corrected chi connectivity index (χ0v) is 27.4. The first-order valence-electron chi connectivity index (χ1n) is 15.7. The summed E-state index contributed by atoms with van der Waals surface area (Å²) in [4.78, 5) is 23.2. The number of halogens is 3. The molecule has 0 aliphatic carbocycles. The van der Waals surface area contributed by atoms with E-state index >= 15 is 0 Å². The third-order valence-electron chi connectivity index (χ3n) is 8.86. The van der Waals surface area contributed by atoms with Gasteiger partial charge in [0.1, 0.15) is 34.5 Å². The maximum atomic E-state index is 12.9. The second-order valence-electron chi connectivity index (χ2n) is 12.2. The first kappa shape index (κ1) is 33.9. The number of carbonyl (C=O) groups excluding carboxylic acids is 1. The Bertz CT molecular complexity index is 2080. The third kappa shape index (κ3) is 7.54. The van der Waals surface area contributed by atoms with E-state index in [1.54, 1.807) is 10.6 Å². The van der Waals surface area contributed by atoms with Crippen LogP contribution >= 0.6 is 11.3 Å². The van der Waals surface area contributed by atoms with Crippen LogP contribution < -0.4 is 10.6 Å². The topological polar surface area (TPSA) is 139 Å². The molecule has 1 saturated heterocycles. The van der Waals surface area contributed by atoms with Crippen LogP contribution in [0.5, 0.6) is 5.75 Å². The highest BCUT2D eigenvalue weighted by Crippen LogP contribution is 2.34. The highest BCUT2D eigenvalue weighted by molar-refractivity contribution is 7.18. The lowest BCUT2D eigenvalue weighted by atomic mass is 10.0. The molecule has 0 bridgehead atoms. The Morgan fingerprint density at radius 1 is 1.18 bits per heavy atom. The smallest absolute Gasteiger partial charge is 0.393 e. The fraction of sp³-hybridized carbons (Fsp3) is 0.314. The van der Waals surface area contributed by atoms with Gasteiger partial charge in [0.05, 0.1) is 30.1 Å². The van der Waals surface area contributed by atoms with E-state index in [2.05, 4.69) is 38.1 Å². The van der Waals surface area contributed by atoms with Crippen LogP contribution in [0, 0.1) is 18.3 Å². The molecule has 4 N–H and O–H groups in total. The van der Waals surface area contributed by atoms with Gasteiger partial charge in [-0.05, 0) is 72.9 Å². The second-order valence-corrected chi connectivity index (χ2v) is 13.3. The standard InChI is InChI=1S/C35H34F3N7O3S/c1-3-32(48)43-28-6-4-21(12-30(28)46)31(47)18-45-24(16-39)13-26-20(2)22(5-7-29(26)45)17-44-10-8-23(9-11-44)42-33-27-14-25(15-35(36,37)38)49-34(27)41-19-40-33/h3-7,12-14,19,23,31,46-47H,1,8-11,15,17-18H2,2H3,(H,43,48)(H,40,41,42). The highest BCUT2D eigenvalue weighted by atomic mass is 32.1. The summed E-state index contributed by atoms with van der Waals surface area (Å²) in [6.07, 6.45) is -2.17. The minimum Gasteiger partial charge on any atom is -0.506 e. The van der Waals surface area contributed by atoms with Crippen LogP contribution in [0.1, 0.15) is 46.2 Å². The summed E-state index contributed by atoms with van der Waals surface area (Å²) in [6, 6.07) is 14.2. The molecule has 4 heterocycles. The molecule has 254 valence electrons. The van der Waals surface area contributed by atoms with Gasteiger partial charge in [-0.2, -0.15) is 18.4 Å². The number of benzene rings is 2. The van der Waals surface area contributed by atoms with Crippen molar-refractivity contribution in [2.24, 2.45) is 0 Å². The Balaban J connectivity index is 1.11. The zero-order chi connectivity index (χ0) is 34.9. The number of nitrogens with zero attached hydrogens (tertiary/aromatic N) is 5. The molecule has 0 spiro atoms. The van der Waals surface area contributed by atoms with Crippen molar-refractivity contribution in [3.8, 4) is 11.8 Å². The summed E-state index contributed by atoms with van der Waals surface area (Å²) in [6.45, 7) is 7.83. The summed E-state index contributed by atoms with van der Waals surface area (Å²) < 4.78 is 40.6. The van der Waals surface area contributed by atoms with E-state index in [0.717, 1.165) is 65.4 Å². The average Bonchev–Trinajstić information content (AvgIpc) is 3.64. The molecular formula is C35H34F3N7O3S. The van der Waals surface area contributed by atoms with Gasteiger partial charge in [0.2, 0.25) is 5.91 Å². The van der Waals surface area contributed by atoms with Gasteiger partial charge in [-0.3, -0.25) is 9.69 Å². The highest BCUT2D eigenvalue weighted by Gasteiger charge is 2.29. The van der Waals surface area contributed by atoms with E-state index in [-0.39, 0.29) is 28.9 Å². The van der Waals surface area contributed by atoms with Crippen molar-refractivity contribution >= 4 is 49.9 Å². The number of phenolic OH excluding ortho intramolecular Hbond substituents is 1. The van der Waals surface area contributed by atoms with Crippen LogP contribution in [0.4, 0.5) is 24.7 Å². The van der Waals surface area contributed by atoms with Crippen molar-refractivity contribution in [1.29, 1.82) is 5.26 Å². The largest absolute Gasteiger partial charge is 0.506 e. The molecule has 1 amide bonds. The minimum absolute atomic E-state index is 0.0805. The van der Waals surface area contributed by atoms with E-state index in [4.69, 9.17) is 0 Å². The number of aromatic hydroxyl groups is 1. The fourth-order valence-electron chi connectivity index (χ4n) is 6.28. The normalized spacial score (nSPS) is 14.9. The monoisotopic (exact) mass is 689 g/mol. The maximum absolute atomic E-state index is 12.9. The lowest BCUT2D eigenvalue weighted by molar-refractivity contribution is -0.126. The quantitative estimate of drug-likeness (QED) is 0.0954. The van der Waals surface area contributed by atoms with Crippen LogP contribution in [0.15, 0.2) is 61.4 Å². The van der Waals surface area contributed by atoms with Crippen LogP contribution in [0.25, 0.3) is 21.1 Å². The van der Waals surface area contributed by atoms with E-state index < -0.39 is 24.6 Å². The lowest BCUT2D eigenvalue weighted by Crippen LogP contribution is -2.39. The molecule has 0 saturated carbocycles. The summed E-state index contributed by atoms with van der Waals surface area (Å²) in [5.41, 5.74) is 3.99. The number of piperidine rings is 1. The number of likely N-dealkylation sites (tertiary alicyclic amines) is 1. The van der Waals surface area contributed by atoms with Crippen molar-refractivity contribution in [2.75, 3.05) is 23.7 Å². The summed E-state index contributed by atoms with van der Waals surface area (Å²) >= 11 is 1.04. The number of fused-ring (bicyclic) bond motifs is 2. The molecule has 6 rings (SSSR count). The van der Waals surface area contributed by atoms with Gasteiger partial charge in [0.25, 0.3) is 0 Å². The second kappa shape index (κ2) is 13.9. The molecule has 14 heteroatoms. The lowest BCUT2D eigenvalue weighted by Gasteiger charge is -2.33. The molecule has 1 aliphatic rings. The van der Waals surface area contributed by atoms with Crippen molar-refractivity contribution in [1.82, 2.24) is 19.4 Å². The molecule has 1 unspecified atom stereocenters. The molecule has 5 aromatic rings. The van der Waals surface area contributed by atoms with Gasteiger partial charge in [0, 0.05) is 41.5 Å². The molecule has 0 radical (unpaired) electrons. The molecule has 3 aromatic heterocycles. The predicted octanol–water partition coefficient (Wildman–Crippen LogP) is 6.57. The number of nitriles is 1. The number of anilines is 2. The van der Waals surface area contributed by atoms with Crippen molar-refractivity contribution in [3.63, 3.8) is 0 Å². The molecular weight excluding hydrogens is 655 g/mol. The zero-order valence-electron chi connectivity index (χ0n) is 26.6. The minimum atomic E-state index is -4.28. The molecule has 1 fully saturated rings. The first-order chi connectivity index (χ1) is 23.4. The molecule has 1 atom stereocenters. The number of phenols is 1. The Kier molecular flexibility index (Phi) is 9.60. The predicted molar refractivity (Wildman–Crippen MR) is 182 cm³/mol. The van der Waals surface area contributed by atoms with Gasteiger partial charge in [-0.25, -0.2) is 9.97 Å². The SMILES string of the molecule is C=CC(=O)Nc1ccc(C(O)Cn2c(C#N)cc3c(C)c(CN4CCC(Nc5ncnc6sc(CC(F)(F)F)cc56)CC4)ccc32)cc1O. The number of nitrogens with one attached hydrogen (secondary N) is 2. The Morgan fingerprint density at radius 2 is 1.96 bits per heavy atom. The number of aliphatic hydroxyl groups is 1. The van der Waals surface area contributed by atoms with E-state index in [1.165, 1.54) is 24.5 Å². The molecule has 2 aromatic carbocycles. The molecule has 49 heavy (non-hydrogen) atoms. The van der Waals surface area contributed by atoms with Crippen LogP contribution in [0.3, 0.4) is 0 Å².